The average Bonchev–Trinajstić information content (AvgIpc) is 2.42. The van der Waals surface area contributed by atoms with Gasteiger partial charge in [-0.2, -0.15) is 0 Å². The minimum Gasteiger partial charge on any atom is -0.379 e. The Labute approximate surface area is 117 Å². The van der Waals surface area contributed by atoms with Crippen molar-refractivity contribution in [3.63, 3.8) is 0 Å². The summed E-state index contributed by atoms with van der Waals surface area (Å²) >= 11 is 0. The summed E-state index contributed by atoms with van der Waals surface area (Å²) < 4.78 is 0. The minimum atomic E-state index is -0.446. The molecule has 0 aromatic heterocycles. The highest BCUT2D eigenvalue weighted by Gasteiger charge is 2.19. The summed E-state index contributed by atoms with van der Waals surface area (Å²) in [5.41, 5.74) is 0.755. The summed E-state index contributed by atoms with van der Waals surface area (Å²) in [7, 11) is 0. The molecule has 0 aliphatic carbocycles. The summed E-state index contributed by atoms with van der Waals surface area (Å²) in [5, 5.41) is 19.6. The lowest BCUT2D eigenvalue weighted by Crippen LogP contribution is -2.29. The second-order valence-corrected chi connectivity index (χ2v) is 4.19. The molecule has 0 radical (unpaired) electrons. The van der Waals surface area contributed by atoms with Crippen LogP contribution in [0.25, 0.3) is 0 Å². The van der Waals surface area contributed by atoms with Gasteiger partial charge in [0.1, 0.15) is 11.4 Å². The highest BCUT2D eigenvalue weighted by molar-refractivity contribution is 5.83. The van der Waals surface area contributed by atoms with Crippen LogP contribution < -0.4 is 16.0 Å². The van der Waals surface area contributed by atoms with E-state index >= 15 is 0 Å². The summed E-state index contributed by atoms with van der Waals surface area (Å²) in [6.45, 7) is 4.99. The van der Waals surface area contributed by atoms with Crippen LogP contribution in [0.15, 0.2) is 18.2 Å². The molecule has 0 saturated carbocycles. The van der Waals surface area contributed by atoms with E-state index in [9.17, 15) is 14.9 Å². The lowest BCUT2D eigenvalue weighted by Gasteiger charge is -2.11. The number of carbonyl (C=O) groups is 1. The number of carbonyl (C=O) groups excluding carboxylic acids is 1. The highest BCUT2D eigenvalue weighted by Crippen LogP contribution is 2.32. The number of nitro benzene ring substituents is 1. The maximum absolute atomic E-state index is 11.4. The second-order valence-electron chi connectivity index (χ2n) is 4.19. The number of rotatable bonds is 8. The molecule has 0 heterocycles. The molecule has 7 nitrogen and oxygen atoms in total. The van der Waals surface area contributed by atoms with Crippen LogP contribution >= 0.6 is 0 Å². The molecule has 0 aliphatic rings. The van der Waals surface area contributed by atoms with Crippen LogP contribution in [0.2, 0.25) is 0 Å². The maximum atomic E-state index is 11.4. The molecule has 3 N–H and O–H groups in total. The predicted octanol–water partition coefficient (Wildman–Crippen LogP) is 1.96. The van der Waals surface area contributed by atoms with E-state index in [1.165, 1.54) is 0 Å². The van der Waals surface area contributed by atoms with E-state index in [4.69, 9.17) is 0 Å². The Morgan fingerprint density at radius 2 is 1.90 bits per heavy atom. The molecule has 0 unspecified atom stereocenters. The van der Waals surface area contributed by atoms with Crippen molar-refractivity contribution in [3.05, 3.63) is 28.3 Å². The third kappa shape index (κ3) is 4.42. The third-order valence-corrected chi connectivity index (χ3v) is 2.60. The van der Waals surface area contributed by atoms with Crippen LogP contribution in [-0.4, -0.2) is 30.5 Å². The summed E-state index contributed by atoms with van der Waals surface area (Å²) in [5.74, 6) is -0.200. The van der Waals surface area contributed by atoms with Crippen LogP contribution in [0.1, 0.15) is 20.3 Å². The molecule has 1 aromatic carbocycles. The van der Waals surface area contributed by atoms with E-state index in [1.54, 1.807) is 18.2 Å². The molecule has 0 aliphatic heterocycles. The summed E-state index contributed by atoms with van der Waals surface area (Å²) in [6.07, 6.45) is 0.869. The van der Waals surface area contributed by atoms with E-state index < -0.39 is 4.92 Å². The van der Waals surface area contributed by atoms with Gasteiger partial charge in [-0.05, 0) is 25.5 Å². The van der Waals surface area contributed by atoms with Gasteiger partial charge in [-0.3, -0.25) is 14.9 Å². The number of hydrogen-bond donors (Lipinski definition) is 3. The number of nitrogens with zero attached hydrogens (tertiary/aromatic N) is 1. The van der Waals surface area contributed by atoms with Crippen molar-refractivity contribution in [3.8, 4) is 0 Å². The van der Waals surface area contributed by atoms with E-state index in [1.807, 2.05) is 13.8 Å². The first-order chi connectivity index (χ1) is 9.60. The number of nitro groups is 1. The maximum Gasteiger partial charge on any atom is 0.315 e. The Kier molecular flexibility index (Phi) is 6.28. The summed E-state index contributed by atoms with van der Waals surface area (Å²) in [6, 6.07) is 4.96. The van der Waals surface area contributed by atoms with Crippen molar-refractivity contribution in [2.24, 2.45) is 0 Å². The smallest absolute Gasteiger partial charge is 0.315 e. The quantitative estimate of drug-likeness (QED) is 0.499. The van der Waals surface area contributed by atoms with Gasteiger partial charge in [0.05, 0.1) is 11.5 Å². The van der Waals surface area contributed by atoms with Gasteiger partial charge in [0, 0.05) is 13.1 Å². The van der Waals surface area contributed by atoms with Crippen LogP contribution in [-0.2, 0) is 4.79 Å². The highest BCUT2D eigenvalue weighted by atomic mass is 16.6. The van der Waals surface area contributed by atoms with Crippen molar-refractivity contribution >= 4 is 23.0 Å². The molecule has 20 heavy (non-hydrogen) atoms. The van der Waals surface area contributed by atoms with E-state index in [-0.39, 0.29) is 18.1 Å². The number of anilines is 2. The zero-order valence-electron chi connectivity index (χ0n) is 11.7. The molecule has 1 aromatic rings. The number of likely N-dealkylation sites (N-methyl/N-ethyl adjacent to an activating group) is 1. The van der Waals surface area contributed by atoms with Gasteiger partial charge in [0.25, 0.3) is 0 Å². The standard InChI is InChI=1S/C13H20N4O3/c1-3-8-15-10-6-5-7-11(13(10)17(19)20)16-9-12(18)14-4-2/h5-7,15-16H,3-4,8-9H2,1-2H3,(H,14,18). The van der Waals surface area contributed by atoms with Gasteiger partial charge in [0.2, 0.25) is 5.91 Å². The lowest BCUT2D eigenvalue weighted by molar-refractivity contribution is -0.383. The number of benzene rings is 1. The van der Waals surface area contributed by atoms with Crippen LogP contribution in [0.5, 0.6) is 0 Å². The molecule has 0 atom stereocenters. The number of hydrogen-bond acceptors (Lipinski definition) is 5. The third-order valence-electron chi connectivity index (χ3n) is 2.60. The molecule has 1 amide bonds. The van der Waals surface area contributed by atoms with Crippen molar-refractivity contribution < 1.29 is 9.72 Å². The molecular weight excluding hydrogens is 260 g/mol. The molecule has 0 fully saturated rings. The zero-order valence-corrected chi connectivity index (χ0v) is 11.7. The first-order valence-corrected chi connectivity index (χ1v) is 6.62. The normalized spacial score (nSPS) is 9.90. The SMILES string of the molecule is CCCNc1cccc(NCC(=O)NCC)c1[N+](=O)[O-]. The largest absolute Gasteiger partial charge is 0.379 e. The average molecular weight is 280 g/mol. The van der Waals surface area contributed by atoms with Crippen molar-refractivity contribution in [2.45, 2.75) is 20.3 Å². The van der Waals surface area contributed by atoms with Crippen molar-refractivity contribution in [1.29, 1.82) is 0 Å². The molecular formula is C13H20N4O3. The van der Waals surface area contributed by atoms with Gasteiger partial charge in [-0.1, -0.05) is 13.0 Å². The zero-order chi connectivity index (χ0) is 15.0. The van der Waals surface area contributed by atoms with Crippen LogP contribution in [0.3, 0.4) is 0 Å². The first kappa shape index (κ1) is 15.7. The van der Waals surface area contributed by atoms with Gasteiger partial charge in [0.15, 0.2) is 0 Å². The Morgan fingerprint density at radius 3 is 2.45 bits per heavy atom. The van der Waals surface area contributed by atoms with Gasteiger partial charge in [-0.25, -0.2) is 0 Å². The second kappa shape index (κ2) is 7.98. The molecule has 0 saturated heterocycles. The minimum absolute atomic E-state index is 0.00586. The van der Waals surface area contributed by atoms with Crippen LogP contribution in [0.4, 0.5) is 17.1 Å². The van der Waals surface area contributed by atoms with E-state index in [0.717, 1.165) is 6.42 Å². The Hall–Kier alpha value is -2.31. The fraction of sp³-hybridized carbons (Fsp3) is 0.462. The Bertz CT molecular complexity index is 477. The van der Waals surface area contributed by atoms with E-state index in [2.05, 4.69) is 16.0 Å². The predicted molar refractivity (Wildman–Crippen MR) is 79.1 cm³/mol. The molecule has 7 heteroatoms. The summed E-state index contributed by atoms with van der Waals surface area (Å²) in [4.78, 5) is 22.2. The Balaban J connectivity index is 2.88. The molecule has 0 bridgehead atoms. The van der Waals surface area contributed by atoms with Crippen molar-refractivity contribution in [2.75, 3.05) is 30.3 Å². The van der Waals surface area contributed by atoms with Gasteiger partial charge in [-0.15, -0.1) is 0 Å². The number of amides is 1. The van der Waals surface area contributed by atoms with Crippen LogP contribution in [0, 0.1) is 10.1 Å². The Morgan fingerprint density at radius 1 is 1.25 bits per heavy atom. The molecule has 1 rings (SSSR count). The fourth-order valence-corrected chi connectivity index (χ4v) is 1.72. The number of para-hydroxylation sites is 1. The molecule has 0 spiro atoms. The van der Waals surface area contributed by atoms with E-state index in [0.29, 0.717) is 24.5 Å². The fourth-order valence-electron chi connectivity index (χ4n) is 1.72. The van der Waals surface area contributed by atoms with Crippen molar-refractivity contribution in [1.82, 2.24) is 5.32 Å². The van der Waals surface area contributed by atoms with Gasteiger partial charge >= 0.3 is 5.69 Å². The molecule has 110 valence electrons. The van der Waals surface area contributed by atoms with Gasteiger partial charge < -0.3 is 16.0 Å². The monoisotopic (exact) mass is 280 g/mol. The topological polar surface area (TPSA) is 96.3 Å². The first-order valence-electron chi connectivity index (χ1n) is 6.62. The lowest BCUT2D eigenvalue weighted by atomic mass is 10.2. The number of nitrogens with one attached hydrogen (secondary N) is 3.